The fourth-order valence-electron chi connectivity index (χ4n) is 1.47. The van der Waals surface area contributed by atoms with E-state index < -0.39 is 24.5 Å². The normalized spacial score (nSPS) is 25.1. The lowest BCUT2D eigenvalue weighted by molar-refractivity contribution is 0.115. The topological polar surface area (TPSA) is 99.1 Å². The van der Waals surface area contributed by atoms with Crippen LogP contribution in [0.15, 0.2) is 0 Å². The van der Waals surface area contributed by atoms with Crippen molar-refractivity contribution < 1.29 is 24.5 Å². The molecule has 7 nitrogen and oxygen atoms in total. The van der Waals surface area contributed by atoms with Crippen molar-refractivity contribution in [2.45, 2.75) is 25.6 Å². The number of β-amino-alcohol motifs (C(OH)–C–C–N with tert-alkyl or cyclic N) is 1. The number of aliphatic hydroxyl groups excluding tert-OH is 1. The predicted molar refractivity (Wildman–Crippen MR) is 49.3 cm³/mol. The van der Waals surface area contributed by atoms with Gasteiger partial charge in [-0.3, -0.25) is 4.90 Å². The van der Waals surface area contributed by atoms with E-state index in [2.05, 4.69) is 10.1 Å². The van der Waals surface area contributed by atoms with E-state index in [-0.39, 0.29) is 19.6 Å². The molecule has 7 heteroatoms. The van der Waals surface area contributed by atoms with E-state index in [1.165, 1.54) is 0 Å². The average molecular weight is 218 g/mol. The maximum absolute atomic E-state index is 11.0. The molecule has 2 unspecified atom stereocenters. The molecule has 0 aliphatic carbocycles. The first kappa shape index (κ1) is 11.6. The van der Waals surface area contributed by atoms with Crippen molar-refractivity contribution in [2.75, 3.05) is 13.2 Å². The van der Waals surface area contributed by atoms with Gasteiger partial charge in [-0.1, -0.05) is 0 Å². The number of hydrogen-bond donors (Lipinski definition) is 3. The van der Waals surface area contributed by atoms with E-state index >= 15 is 0 Å². The molecular weight excluding hydrogens is 204 g/mol. The van der Waals surface area contributed by atoms with Crippen molar-refractivity contribution in [1.82, 2.24) is 10.2 Å². The monoisotopic (exact) mass is 218 g/mol. The summed E-state index contributed by atoms with van der Waals surface area (Å²) in [5.41, 5.74) is 0. The number of amides is 2. The van der Waals surface area contributed by atoms with Gasteiger partial charge in [0.25, 0.3) is 0 Å². The number of alkyl carbamates (subject to hydrolysis) is 1. The summed E-state index contributed by atoms with van der Waals surface area (Å²) in [4.78, 5) is 22.7. The molecule has 15 heavy (non-hydrogen) atoms. The Morgan fingerprint density at radius 3 is 2.80 bits per heavy atom. The third-order valence-electron chi connectivity index (χ3n) is 2.08. The highest BCUT2D eigenvalue weighted by atomic mass is 16.5. The van der Waals surface area contributed by atoms with Crippen LogP contribution in [0.1, 0.15) is 13.3 Å². The fourth-order valence-corrected chi connectivity index (χ4v) is 1.47. The summed E-state index contributed by atoms with van der Waals surface area (Å²) >= 11 is 0. The van der Waals surface area contributed by atoms with Gasteiger partial charge >= 0.3 is 12.2 Å². The van der Waals surface area contributed by atoms with Gasteiger partial charge in [-0.2, -0.15) is 0 Å². The summed E-state index contributed by atoms with van der Waals surface area (Å²) in [7, 11) is 0. The van der Waals surface area contributed by atoms with Gasteiger partial charge in [0.2, 0.25) is 0 Å². The summed E-state index contributed by atoms with van der Waals surface area (Å²) < 4.78 is 4.62. The first-order valence-corrected chi connectivity index (χ1v) is 4.65. The van der Waals surface area contributed by atoms with Gasteiger partial charge in [0.15, 0.2) is 0 Å². The first-order chi connectivity index (χ1) is 7.04. The Labute approximate surface area is 86.6 Å². The molecule has 2 atom stereocenters. The van der Waals surface area contributed by atoms with Gasteiger partial charge < -0.3 is 20.3 Å². The number of nitrogens with one attached hydrogen (secondary N) is 1. The number of rotatable bonds is 2. The lowest BCUT2D eigenvalue weighted by Gasteiger charge is -2.21. The summed E-state index contributed by atoms with van der Waals surface area (Å²) in [5, 5.41) is 20.4. The molecule has 0 aromatic heterocycles. The molecule has 0 aromatic rings. The van der Waals surface area contributed by atoms with Crippen LogP contribution >= 0.6 is 0 Å². The largest absolute Gasteiger partial charge is 0.465 e. The summed E-state index contributed by atoms with van der Waals surface area (Å²) in [6.07, 6.45) is -3.12. The zero-order valence-corrected chi connectivity index (χ0v) is 8.34. The van der Waals surface area contributed by atoms with Crippen molar-refractivity contribution >= 4 is 12.2 Å². The Bertz CT molecular complexity index is 257. The molecule has 0 bridgehead atoms. The van der Waals surface area contributed by atoms with Crippen LogP contribution in [0.4, 0.5) is 9.59 Å². The Morgan fingerprint density at radius 2 is 2.27 bits per heavy atom. The Kier molecular flexibility index (Phi) is 3.73. The molecule has 0 radical (unpaired) electrons. The van der Waals surface area contributed by atoms with Crippen LogP contribution in [0.25, 0.3) is 0 Å². The number of nitrogens with zero attached hydrogens (tertiary/aromatic N) is 1. The highest BCUT2D eigenvalue weighted by Crippen LogP contribution is 2.15. The van der Waals surface area contributed by atoms with E-state index in [1.807, 2.05) is 0 Å². The molecule has 1 aliphatic heterocycles. The first-order valence-electron chi connectivity index (χ1n) is 4.65. The second kappa shape index (κ2) is 4.83. The highest BCUT2D eigenvalue weighted by molar-refractivity contribution is 5.70. The number of likely N-dealkylation sites (tertiary alicyclic amines) is 1. The minimum Gasteiger partial charge on any atom is -0.465 e. The zero-order valence-electron chi connectivity index (χ0n) is 8.34. The summed E-state index contributed by atoms with van der Waals surface area (Å²) in [5.74, 6) is 0. The Balaban J connectivity index is 2.52. The number of carboxylic acid groups (broad SMARTS) is 1. The highest BCUT2D eigenvalue weighted by Gasteiger charge is 2.35. The van der Waals surface area contributed by atoms with Crippen LogP contribution in [-0.2, 0) is 4.74 Å². The lowest BCUT2D eigenvalue weighted by atomic mass is 10.3. The van der Waals surface area contributed by atoms with E-state index in [1.54, 1.807) is 6.92 Å². The molecule has 0 saturated carbocycles. The maximum atomic E-state index is 11.0. The zero-order chi connectivity index (χ0) is 11.4. The average Bonchev–Trinajstić information content (AvgIpc) is 2.47. The lowest BCUT2D eigenvalue weighted by Crippen LogP contribution is -2.46. The van der Waals surface area contributed by atoms with Gasteiger partial charge in [0.1, 0.15) is 6.17 Å². The molecule has 0 spiro atoms. The number of hydrogen-bond acceptors (Lipinski definition) is 4. The van der Waals surface area contributed by atoms with E-state index in [0.717, 1.165) is 4.90 Å². The fraction of sp³-hybridized carbons (Fsp3) is 0.750. The number of ether oxygens (including phenoxy) is 1. The predicted octanol–water partition coefficient (Wildman–Crippen LogP) is -0.197. The van der Waals surface area contributed by atoms with Gasteiger partial charge in [-0.15, -0.1) is 0 Å². The molecule has 1 fully saturated rings. The maximum Gasteiger partial charge on any atom is 0.409 e. The number of carbonyl (C=O) groups excluding carboxylic acids is 1. The van der Waals surface area contributed by atoms with E-state index in [0.29, 0.717) is 0 Å². The second-order valence-electron chi connectivity index (χ2n) is 3.21. The van der Waals surface area contributed by atoms with Crippen molar-refractivity contribution in [3.63, 3.8) is 0 Å². The molecule has 86 valence electrons. The molecule has 2 amide bonds. The van der Waals surface area contributed by atoms with Crippen molar-refractivity contribution in [3.05, 3.63) is 0 Å². The van der Waals surface area contributed by atoms with Crippen molar-refractivity contribution in [3.8, 4) is 0 Å². The van der Waals surface area contributed by atoms with Crippen LogP contribution in [-0.4, -0.2) is 52.7 Å². The van der Waals surface area contributed by atoms with Crippen LogP contribution in [0.5, 0.6) is 0 Å². The SMILES string of the molecule is CCOC(=O)NC1CC(O)CN1C(=O)O. The summed E-state index contributed by atoms with van der Waals surface area (Å²) in [6, 6.07) is 0. The number of aliphatic hydroxyl groups is 1. The van der Waals surface area contributed by atoms with Gasteiger partial charge in [-0.25, -0.2) is 9.59 Å². The molecule has 0 aromatic carbocycles. The second-order valence-corrected chi connectivity index (χ2v) is 3.21. The summed E-state index contributed by atoms with van der Waals surface area (Å²) in [6.45, 7) is 1.87. The molecular formula is C8H14N2O5. The van der Waals surface area contributed by atoms with E-state index in [9.17, 15) is 14.7 Å². The third kappa shape index (κ3) is 2.98. The Morgan fingerprint density at radius 1 is 1.60 bits per heavy atom. The van der Waals surface area contributed by atoms with Crippen LogP contribution in [0, 0.1) is 0 Å². The minimum absolute atomic E-state index is 0.00635. The van der Waals surface area contributed by atoms with Crippen LogP contribution < -0.4 is 5.32 Å². The van der Waals surface area contributed by atoms with Crippen molar-refractivity contribution in [2.24, 2.45) is 0 Å². The van der Waals surface area contributed by atoms with E-state index in [4.69, 9.17) is 5.11 Å². The Hall–Kier alpha value is -1.50. The number of carbonyl (C=O) groups is 2. The minimum atomic E-state index is -1.17. The molecule has 1 saturated heterocycles. The molecule has 1 aliphatic rings. The standard InChI is InChI=1S/C8H14N2O5/c1-2-15-7(12)9-6-3-5(11)4-10(6)8(13)14/h5-6,11H,2-4H2,1H3,(H,9,12)(H,13,14). The van der Waals surface area contributed by atoms with Crippen LogP contribution in [0.2, 0.25) is 0 Å². The van der Waals surface area contributed by atoms with Gasteiger partial charge in [-0.05, 0) is 6.92 Å². The van der Waals surface area contributed by atoms with Crippen LogP contribution in [0.3, 0.4) is 0 Å². The van der Waals surface area contributed by atoms with Gasteiger partial charge in [0.05, 0.1) is 19.3 Å². The van der Waals surface area contributed by atoms with Gasteiger partial charge in [0, 0.05) is 6.42 Å². The van der Waals surface area contributed by atoms with Crippen molar-refractivity contribution in [1.29, 1.82) is 0 Å². The third-order valence-corrected chi connectivity index (χ3v) is 2.08. The molecule has 1 rings (SSSR count). The quantitative estimate of drug-likeness (QED) is 0.596. The molecule has 3 N–H and O–H groups in total. The smallest absolute Gasteiger partial charge is 0.409 e. The molecule has 1 heterocycles.